The van der Waals surface area contributed by atoms with Crippen molar-refractivity contribution < 1.29 is 8.82 Å². The Kier molecular flexibility index (Phi) is 7.32. The Morgan fingerprint density at radius 3 is 2.52 bits per heavy atom. The van der Waals surface area contributed by atoms with Crippen LogP contribution in [0.3, 0.4) is 0 Å². The predicted octanol–water partition coefficient (Wildman–Crippen LogP) is 6.96. The molecule has 0 heterocycles. The molecule has 2 aromatic rings. The van der Waals surface area contributed by atoms with E-state index in [1.807, 2.05) is 23.9 Å². The standard InChI is InChI=1S/C23H31BrFNOSSi/c1-23(2,3)29(4,5)27-13-12-26-21-15-16-14-17(24)6-11-20(16)22(21)28-19-9-7-18(25)8-10-19/h6-11,14,21-22,26H,12-13,15H2,1-5H3. The van der Waals surface area contributed by atoms with Crippen molar-refractivity contribution in [2.75, 3.05) is 13.2 Å². The van der Waals surface area contributed by atoms with Gasteiger partial charge in [0.1, 0.15) is 5.82 Å². The normalized spacial score (nSPS) is 19.4. The minimum Gasteiger partial charge on any atom is -0.416 e. The third-order valence-corrected chi connectivity index (χ3v) is 12.5. The summed E-state index contributed by atoms with van der Waals surface area (Å²) in [4.78, 5) is 1.09. The van der Waals surface area contributed by atoms with Gasteiger partial charge in [-0.05, 0) is 72.1 Å². The van der Waals surface area contributed by atoms with Crippen molar-refractivity contribution in [1.82, 2.24) is 5.32 Å². The van der Waals surface area contributed by atoms with E-state index in [2.05, 4.69) is 73.3 Å². The SMILES string of the molecule is CC(C)(C)[Si](C)(C)OCCNC1Cc2cc(Br)ccc2C1Sc1ccc(F)cc1. The Morgan fingerprint density at radius 2 is 1.86 bits per heavy atom. The number of fused-ring (bicyclic) bond motifs is 1. The van der Waals surface area contributed by atoms with Gasteiger partial charge in [-0.1, -0.05) is 42.8 Å². The maximum absolute atomic E-state index is 13.3. The third kappa shape index (κ3) is 5.73. The molecule has 0 bridgehead atoms. The summed E-state index contributed by atoms with van der Waals surface area (Å²) >= 11 is 5.41. The third-order valence-electron chi connectivity index (χ3n) is 6.07. The van der Waals surface area contributed by atoms with Crippen molar-refractivity contribution in [2.45, 2.75) is 61.5 Å². The van der Waals surface area contributed by atoms with E-state index >= 15 is 0 Å². The Hall–Kier alpha value is -0.663. The van der Waals surface area contributed by atoms with Gasteiger partial charge >= 0.3 is 0 Å². The lowest BCUT2D eigenvalue weighted by atomic mass is 10.1. The summed E-state index contributed by atoms with van der Waals surface area (Å²) in [6.07, 6.45) is 0.994. The van der Waals surface area contributed by atoms with Crippen LogP contribution in [0.15, 0.2) is 51.8 Å². The topological polar surface area (TPSA) is 21.3 Å². The highest BCUT2D eigenvalue weighted by Gasteiger charge is 2.37. The van der Waals surface area contributed by atoms with Gasteiger partial charge in [-0.3, -0.25) is 0 Å². The van der Waals surface area contributed by atoms with Crippen molar-refractivity contribution in [3.05, 3.63) is 63.9 Å². The van der Waals surface area contributed by atoms with Crippen LogP contribution in [0.5, 0.6) is 0 Å². The Labute approximate surface area is 188 Å². The smallest absolute Gasteiger partial charge is 0.192 e. The van der Waals surface area contributed by atoms with Gasteiger partial charge in [-0.2, -0.15) is 0 Å². The molecule has 158 valence electrons. The van der Waals surface area contributed by atoms with Gasteiger partial charge in [0.25, 0.3) is 0 Å². The molecule has 0 spiro atoms. The van der Waals surface area contributed by atoms with Crippen LogP contribution in [0, 0.1) is 5.82 Å². The highest BCUT2D eigenvalue weighted by molar-refractivity contribution is 9.10. The molecular formula is C23H31BrFNOSSi. The summed E-state index contributed by atoms with van der Waals surface area (Å²) < 4.78 is 20.8. The lowest BCUT2D eigenvalue weighted by Gasteiger charge is -2.36. The average Bonchev–Trinajstić information content (AvgIpc) is 2.96. The van der Waals surface area contributed by atoms with Crippen molar-refractivity contribution in [1.29, 1.82) is 0 Å². The van der Waals surface area contributed by atoms with Crippen LogP contribution in [0.2, 0.25) is 18.1 Å². The van der Waals surface area contributed by atoms with E-state index < -0.39 is 8.32 Å². The van der Waals surface area contributed by atoms with Gasteiger partial charge in [-0.15, -0.1) is 11.8 Å². The molecule has 2 unspecified atom stereocenters. The number of benzene rings is 2. The van der Waals surface area contributed by atoms with Gasteiger partial charge in [0.2, 0.25) is 0 Å². The molecular weight excluding hydrogens is 465 g/mol. The summed E-state index contributed by atoms with van der Waals surface area (Å²) in [7, 11) is -1.72. The van der Waals surface area contributed by atoms with Crippen LogP contribution in [0.25, 0.3) is 0 Å². The number of halogens is 2. The van der Waals surface area contributed by atoms with Crippen LogP contribution in [0.1, 0.15) is 37.1 Å². The molecule has 1 N–H and O–H groups in total. The molecule has 0 amide bonds. The molecule has 2 nitrogen and oxygen atoms in total. The van der Waals surface area contributed by atoms with Crippen LogP contribution >= 0.6 is 27.7 Å². The summed E-state index contributed by atoms with van der Waals surface area (Å²) in [5.41, 5.74) is 2.74. The first-order valence-corrected chi connectivity index (χ1v) is 14.7. The number of hydrogen-bond acceptors (Lipinski definition) is 3. The number of hydrogen-bond donors (Lipinski definition) is 1. The fourth-order valence-corrected chi connectivity index (χ4v) is 6.09. The maximum Gasteiger partial charge on any atom is 0.192 e. The quantitative estimate of drug-likeness (QED) is 0.331. The summed E-state index contributed by atoms with van der Waals surface area (Å²) in [5.74, 6) is -0.192. The van der Waals surface area contributed by atoms with E-state index in [0.717, 1.165) is 28.9 Å². The molecule has 0 saturated carbocycles. The minimum atomic E-state index is -1.72. The van der Waals surface area contributed by atoms with Crippen molar-refractivity contribution in [2.24, 2.45) is 0 Å². The summed E-state index contributed by atoms with van der Waals surface area (Å²) in [6.45, 7) is 13.0. The van der Waals surface area contributed by atoms with Crippen LogP contribution in [0.4, 0.5) is 4.39 Å². The molecule has 0 radical (unpaired) electrons. The molecule has 0 fully saturated rings. The summed E-state index contributed by atoms with van der Waals surface area (Å²) in [6, 6.07) is 13.7. The molecule has 2 atom stereocenters. The molecule has 0 saturated heterocycles. The first kappa shape index (κ1) is 23.0. The monoisotopic (exact) mass is 495 g/mol. The Bertz CT molecular complexity index is 838. The van der Waals surface area contributed by atoms with Crippen molar-refractivity contribution >= 4 is 36.0 Å². The second-order valence-corrected chi connectivity index (χ2v) is 16.1. The molecule has 0 aromatic heterocycles. The highest BCUT2D eigenvalue weighted by atomic mass is 79.9. The van der Waals surface area contributed by atoms with E-state index in [0.29, 0.717) is 11.3 Å². The van der Waals surface area contributed by atoms with Crippen LogP contribution in [-0.4, -0.2) is 27.5 Å². The molecule has 6 heteroatoms. The number of nitrogens with one attached hydrogen (secondary N) is 1. The number of rotatable bonds is 7. The second-order valence-electron chi connectivity index (χ2n) is 9.21. The van der Waals surface area contributed by atoms with Gasteiger partial charge < -0.3 is 9.74 Å². The van der Waals surface area contributed by atoms with Crippen molar-refractivity contribution in [3.8, 4) is 0 Å². The molecule has 1 aliphatic rings. The lowest BCUT2D eigenvalue weighted by molar-refractivity contribution is 0.279. The maximum atomic E-state index is 13.3. The van der Waals surface area contributed by atoms with E-state index in [-0.39, 0.29) is 10.9 Å². The fraction of sp³-hybridized carbons (Fsp3) is 0.478. The molecule has 3 rings (SSSR count). The Balaban J connectivity index is 1.67. The van der Waals surface area contributed by atoms with Crippen molar-refractivity contribution in [3.63, 3.8) is 0 Å². The second kappa shape index (κ2) is 9.23. The Morgan fingerprint density at radius 1 is 1.17 bits per heavy atom. The van der Waals surface area contributed by atoms with E-state index in [1.165, 1.54) is 23.3 Å². The van der Waals surface area contributed by atoms with Gasteiger partial charge in [0.05, 0.1) is 5.25 Å². The zero-order valence-corrected chi connectivity index (χ0v) is 21.3. The van der Waals surface area contributed by atoms with Gasteiger partial charge in [0, 0.05) is 28.6 Å². The minimum absolute atomic E-state index is 0.192. The first-order valence-electron chi connectivity index (χ1n) is 10.1. The van der Waals surface area contributed by atoms with E-state index in [1.54, 1.807) is 0 Å². The number of thioether (sulfide) groups is 1. The largest absolute Gasteiger partial charge is 0.416 e. The van der Waals surface area contributed by atoms with E-state index in [4.69, 9.17) is 4.43 Å². The molecule has 1 aliphatic carbocycles. The van der Waals surface area contributed by atoms with Gasteiger partial charge in [-0.25, -0.2) is 4.39 Å². The average molecular weight is 497 g/mol. The zero-order chi connectivity index (χ0) is 21.2. The molecule has 29 heavy (non-hydrogen) atoms. The van der Waals surface area contributed by atoms with Crippen LogP contribution in [-0.2, 0) is 10.8 Å². The zero-order valence-electron chi connectivity index (χ0n) is 17.9. The first-order chi connectivity index (χ1) is 13.6. The van der Waals surface area contributed by atoms with Gasteiger partial charge in [0.15, 0.2) is 8.32 Å². The summed E-state index contributed by atoms with van der Waals surface area (Å²) in [5, 5.41) is 4.27. The highest BCUT2D eigenvalue weighted by Crippen LogP contribution is 2.45. The lowest BCUT2D eigenvalue weighted by Crippen LogP contribution is -2.43. The molecule has 0 aliphatic heterocycles. The van der Waals surface area contributed by atoms with Crippen LogP contribution < -0.4 is 5.32 Å². The molecule has 2 aromatic carbocycles. The predicted molar refractivity (Wildman–Crippen MR) is 128 cm³/mol. The fourth-order valence-electron chi connectivity index (χ4n) is 3.34. The van der Waals surface area contributed by atoms with E-state index in [9.17, 15) is 4.39 Å².